The molecule has 164 valence electrons. The predicted molar refractivity (Wildman–Crippen MR) is 98.8 cm³/mol. The molecular weight excluding hydrogens is 393 g/mol. The number of aliphatic carboxylic acids is 1. The van der Waals surface area contributed by atoms with Crippen molar-refractivity contribution in [2.75, 3.05) is 27.2 Å². The monoisotopic (exact) mass is 420 g/mol. The van der Waals surface area contributed by atoms with Gasteiger partial charge in [0.2, 0.25) is 0 Å². The van der Waals surface area contributed by atoms with E-state index in [4.69, 9.17) is 9.90 Å². The molecule has 2 N–H and O–H groups in total. The van der Waals surface area contributed by atoms with Gasteiger partial charge in [-0.2, -0.15) is 23.4 Å². The molecule has 12 heteroatoms. The molecular formula is C17H27F3N6O3. The van der Waals surface area contributed by atoms with Crippen molar-refractivity contribution in [3.05, 3.63) is 35.9 Å². The number of aliphatic hydroxyl groups is 1. The van der Waals surface area contributed by atoms with E-state index in [0.29, 0.717) is 0 Å². The molecule has 2 rings (SSSR count). The van der Waals surface area contributed by atoms with Crippen LogP contribution in [0, 0.1) is 0 Å². The zero-order valence-corrected chi connectivity index (χ0v) is 16.8. The van der Waals surface area contributed by atoms with Gasteiger partial charge in [0.1, 0.15) is 0 Å². The van der Waals surface area contributed by atoms with E-state index in [1.54, 1.807) is 9.36 Å². The summed E-state index contributed by atoms with van der Waals surface area (Å²) in [6.45, 7) is 2.53. The van der Waals surface area contributed by atoms with Crippen LogP contribution in [0.1, 0.15) is 11.1 Å². The van der Waals surface area contributed by atoms with Crippen molar-refractivity contribution in [2.24, 2.45) is 14.1 Å². The summed E-state index contributed by atoms with van der Waals surface area (Å²) in [5.74, 6) is -2.76. The minimum absolute atomic E-state index is 0.0851. The van der Waals surface area contributed by atoms with Crippen LogP contribution in [0.5, 0.6) is 0 Å². The van der Waals surface area contributed by atoms with E-state index < -0.39 is 12.1 Å². The number of nitrogens with zero attached hydrogens (tertiary/aromatic N) is 6. The minimum Gasteiger partial charge on any atom is -0.475 e. The Labute approximate surface area is 166 Å². The quantitative estimate of drug-likeness (QED) is 0.649. The standard InChI is InChI=1S/C15H26N6O.C2HF3O2/c1-18(7-13-5-16-20(3)9-13)11-15(12-22)19(2)8-14-6-17-21(4)10-14;3-2(4,5)1(6)7/h5-6,9-10,15,22H,7-8,11-12H2,1-4H3;(H,6,7). The summed E-state index contributed by atoms with van der Waals surface area (Å²) in [4.78, 5) is 13.3. The predicted octanol–water partition coefficient (Wildman–Crippen LogP) is 0.712. The smallest absolute Gasteiger partial charge is 0.475 e. The molecule has 2 heterocycles. The van der Waals surface area contributed by atoms with Crippen molar-refractivity contribution < 1.29 is 28.2 Å². The molecule has 0 fully saturated rings. The Bertz CT molecular complexity index is 762. The number of aliphatic hydroxyl groups excluding tert-OH is 1. The van der Waals surface area contributed by atoms with Gasteiger partial charge in [0, 0.05) is 63.3 Å². The van der Waals surface area contributed by atoms with Crippen LogP contribution in [-0.4, -0.2) is 85.0 Å². The highest BCUT2D eigenvalue weighted by atomic mass is 19.4. The highest BCUT2D eigenvalue weighted by Gasteiger charge is 2.38. The number of aromatic nitrogens is 4. The molecule has 1 atom stereocenters. The van der Waals surface area contributed by atoms with E-state index in [1.165, 1.54) is 5.56 Å². The van der Waals surface area contributed by atoms with Crippen LogP contribution >= 0.6 is 0 Å². The van der Waals surface area contributed by atoms with Gasteiger partial charge in [0.05, 0.1) is 19.0 Å². The number of carbonyl (C=O) groups is 1. The number of aryl methyl sites for hydroxylation is 2. The van der Waals surface area contributed by atoms with Crippen LogP contribution in [0.2, 0.25) is 0 Å². The van der Waals surface area contributed by atoms with Gasteiger partial charge in [-0.15, -0.1) is 0 Å². The molecule has 1 unspecified atom stereocenters. The molecule has 0 aliphatic rings. The second kappa shape index (κ2) is 10.9. The fraction of sp³-hybridized carbons (Fsp3) is 0.588. The third-order valence-electron chi connectivity index (χ3n) is 4.00. The molecule has 0 aliphatic heterocycles. The summed E-state index contributed by atoms with van der Waals surface area (Å²) >= 11 is 0. The van der Waals surface area contributed by atoms with Crippen molar-refractivity contribution in [3.63, 3.8) is 0 Å². The first kappa shape index (κ1) is 24.6. The second-order valence-corrected chi connectivity index (χ2v) is 6.80. The van der Waals surface area contributed by atoms with Gasteiger partial charge in [-0.3, -0.25) is 14.3 Å². The van der Waals surface area contributed by atoms with Crippen LogP contribution in [0.25, 0.3) is 0 Å². The number of hydrogen-bond donors (Lipinski definition) is 2. The molecule has 0 saturated carbocycles. The minimum atomic E-state index is -5.08. The van der Waals surface area contributed by atoms with E-state index in [1.807, 2.05) is 45.9 Å². The number of alkyl halides is 3. The first-order valence-corrected chi connectivity index (χ1v) is 8.67. The molecule has 2 aromatic heterocycles. The molecule has 2 aromatic rings. The Kier molecular flexibility index (Phi) is 9.27. The average molecular weight is 420 g/mol. The van der Waals surface area contributed by atoms with E-state index in [0.717, 1.165) is 25.2 Å². The van der Waals surface area contributed by atoms with Crippen molar-refractivity contribution in [1.82, 2.24) is 29.4 Å². The van der Waals surface area contributed by atoms with Crippen LogP contribution in [0.4, 0.5) is 13.2 Å². The number of hydrogen-bond acceptors (Lipinski definition) is 6. The molecule has 0 bridgehead atoms. The van der Waals surface area contributed by atoms with Gasteiger partial charge in [0.25, 0.3) is 0 Å². The molecule has 9 nitrogen and oxygen atoms in total. The summed E-state index contributed by atoms with van der Waals surface area (Å²) in [5, 5.41) is 25.2. The van der Waals surface area contributed by atoms with Crippen molar-refractivity contribution in [3.8, 4) is 0 Å². The number of carboxylic acid groups (broad SMARTS) is 1. The molecule has 0 aliphatic carbocycles. The number of carboxylic acids is 1. The Morgan fingerprint density at radius 1 is 1.10 bits per heavy atom. The molecule has 29 heavy (non-hydrogen) atoms. The molecule has 0 radical (unpaired) electrons. The van der Waals surface area contributed by atoms with Gasteiger partial charge < -0.3 is 15.1 Å². The van der Waals surface area contributed by atoms with Crippen LogP contribution in [0.3, 0.4) is 0 Å². The van der Waals surface area contributed by atoms with Gasteiger partial charge in [-0.25, -0.2) is 4.79 Å². The number of rotatable bonds is 8. The summed E-state index contributed by atoms with van der Waals surface area (Å²) in [5.41, 5.74) is 2.33. The molecule has 0 amide bonds. The first-order chi connectivity index (χ1) is 13.4. The van der Waals surface area contributed by atoms with Crippen LogP contribution in [-0.2, 0) is 32.0 Å². The van der Waals surface area contributed by atoms with Crippen LogP contribution in [0.15, 0.2) is 24.8 Å². The summed E-state index contributed by atoms with van der Waals surface area (Å²) < 4.78 is 35.3. The maximum Gasteiger partial charge on any atom is 0.490 e. The van der Waals surface area contributed by atoms with Gasteiger partial charge in [-0.1, -0.05) is 0 Å². The average Bonchev–Trinajstić information content (AvgIpc) is 3.20. The first-order valence-electron chi connectivity index (χ1n) is 8.67. The van der Waals surface area contributed by atoms with Crippen LogP contribution < -0.4 is 0 Å². The lowest BCUT2D eigenvalue weighted by molar-refractivity contribution is -0.192. The zero-order valence-electron chi connectivity index (χ0n) is 16.8. The third-order valence-corrected chi connectivity index (χ3v) is 4.00. The lowest BCUT2D eigenvalue weighted by Gasteiger charge is -2.30. The van der Waals surface area contributed by atoms with E-state index >= 15 is 0 Å². The van der Waals surface area contributed by atoms with Gasteiger partial charge >= 0.3 is 12.1 Å². The summed E-state index contributed by atoms with van der Waals surface area (Å²) in [6.07, 6.45) is 2.68. The van der Waals surface area contributed by atoms with Gasteiger partial charge in [0.15, 0.2) is 0 Å². The number of halogens is 3. The maximum absolute atomic E-state index is 10.6. The Morgan fingerprint density at radius 2 is 1.55 bits per heavy atom. The Morgan fingerprint density at radius 3 is 1.90 bits per heavy atom. The summed E-state index contributed by atoms with van der Waals surface area (Å²) in [6, 6.07) is 0.0851. The van der Waals surface area contributed by atoms with Crippen molar-refractivity contribution in [1.29, 1.82) is 0 Å². The van der Waals surface area contributed by atoms with Gasteiger partial charge in [-0.05, 0) is 14.1 Å². The Hall–Kier alpha value is -2.44. The van der Waals surface area contributed by atoms with E-state index in [2.05, 4.69) is 27.0 Å². The van der Waals surface area contributed by atoms with Crippen molar-refractivity contribution in [2.45, 2.75) is 25.3 Å². The summed E-state index contributed by atoms with van der Waals surface area (Å²) in [7, 11) is 7.93. The largest absolute Gasteiger partial charge is 0.490 e. The molecule has 0 saturated heterocycles. The van der Waals surface area contributed by atoms with Crippen molar-refractivity contribution >= 4 is 5.97 Å². The molecule has 0 spiro atoms. The fourth-order valence-corrected chi connectivity index (χ4v) is 2.60. The normalized spacial score (nSPS) is 12.8. The Balaban J connectivity index is 0.000000516. The highest BCUT2D eigenvalue weighted by Crippen LogP contribution is 2.13. The lowest BCUT2D eigenvalue weighted by atomic mass is 10.2. The zero-order chi connectivity index (χ0) is 22.2. The highest BCUT2D eigenvalue weighted by molar-refractivity contribution is 5.73. The fourth-order valence-electron chi connectivity index (χ4n) is 2.60. The second-order valence-electron chi connectivity index (χ2n) is 6.80. The SMILES string of the molecule is CN(Cc1cnn(C)c1)CC(CO)N(C)Cc1cnn(C)c1.O=C(O)C(F)(F)F. The topological polar surface area (TPSA) is 99.7 Å². The molecule has 0 aromatic carbocycles. The van der Waals surface area contributed by atoms with E-state index in [-0.39, 0.29) is 12.6 Å². The third kappa shape index (κ3) is 9.07. The maximum atomic E-state index is 10.6. The van der Waals surface area contributed by atoms with E-state index in [9.17, 15) is 18.3 Å². The number of likely N-dealkylation sites (N-methyl/N-ethyl adjacent to an activating group) is 2. The lowest BCUT2D eigenvalue weighted by Crippen LogP contribution is -2.42.